The van der Waals surface area contributed by atoms with Crippen molar-refractivity contribution >= 4 is 23.8 Å². The topological polar surface area (TPSA) is 69.6 Å². The van der Waals surface area contributed by atoms with Crippen LogP contribution < -0.4 is 5.32 Å². The smallest absolute Gasteiger partial charge is 0.327 e. The highest BCUT2D eigenvalue weighted by Crippen LogP contribution is 2.43. The summed E-state index contributed by atoms with van der Waals surface area (Å²) in [6, 6.07) is -0.898. The van der Waals surface area contributed by atoms with E-state index < -0.39 is 12.0 Å². The number of carbonyl (C=O) groups is 2. The van der Waals surface area contributed by atoms with Crippen LogP contribution in [0.2, 0.25) is 0 Å². The third kappa shape index (κ3) is 3.16. The van der Waals surface area contributed by atoms with Gasteiger partial charge in [0.1, 0.15) is 6.04 Å². The average molecular weight is 286 g/mol. The highest BCUT2D eigenvalue weighted by atomic mass is 32.2. The Bertz CT molecular complexity index is 352. The van der Waals surface area contributed by atoms with Gasteiger partial charge in [0.2, 0.25) is 0 Å². The zero-order valence-corrected chi connectivity index (χ0v) is 12.2. The fourth-order valence-electron chi connectivity index (χ4n) is 2.75. The van der Waals surface area contributed by atoms with Crippen LogP contribution >= 0.6 is 11.8 Å². The number of carboxylic acids is 1. The van der Waals surface area contributed by atoms with Gasteiger partial charge in [-0.15, -0.1) is 0 Å². The lowest BCUT2D eigenvalue weighted by atomic mass is 9.67. The maximum absolute atomic E-state index is 12.2. The molecule has 2 aliphatic rings. The van der Waals surface area contributed by atoms with Crippen molar-refractivity contribution in [3.05, 3.63) is 0 Å². The Kier molecular flexibility index (Phi) is 4.60. The van der Waals surface area contributed by atoms with E-state index in [-0.39, 0.29) is 11.4 Å². The minimum Gasteiger partial charge on any atom is -0.480 e. The molecule has 1 atom stereocenters. The van der Waals surface area contributed by atoms with Crippen LogP contribution in [0.4, 0.5) is 4.79 Å². The number of hydrogen-bond donors (Lipinski definition) is 2. The number of thioether (sulfide) groups is 1. The van der Waals surface area contributed by atoms with Crippen molar-refractivity contribution in [2.45, 2.75) is 38.6 Å². The quantitative estimate of drug-likeness (QED) is 0.826. The van der Waals surface area contributed by atoms with Gasteiger partial charge >= 0.3 is 12.0 Å². The molecule has 2 rings (SSSR count). The lowest BCUT2D eigenvalue weighted by Gasteiger charge is -2.42. The van der Waals surface area contributed by atoms with Crippen LogP contribution in [0.25, 0.3) is 0 Å². The van der Waals surface area contributed by atoms with Crippen molar-refractivity contribution in [3.63, 3.8) is 0 Å². The van der Waals surface area contributed by atoms with Crippen molar-refractivity contribution in [1.82, 2.24) is 10.2 Å². The van der Waals surface area contributed by atoms with Crippen molar-refractivity contribution < 1.29 is 14.7 Å². The molecule has 2 amide bonds. The van der Waals surface area contributed by atoms with Crippen molar-refractivity contribution in [1.29, 1.82) is 0 Å². The number of carboxylic acid groups (broad SMARTS) is 1. The number of hydrogen-bond acceptors (Lipinski definition) is 3. The summed E-state index contributed by atoms with van der Waals surface area (Å²) in [6.45, 7) is 3.35. The largest absolute Gasteiger partial charge is 0.480 e. The minimum atomic E-state index is -0.906. The normalized spacial score (nSPS) is 25.5. The molecule has 0 bridgehead atoms. The molecule has 0 aromatic heterocycles. The first kappa shape index (κ1) is 14.5. The number of nitrogens with zero attached hydrogens (tertiary/aromatic N) is 1. The Morgan fingerprint density at radius 3 is 2.74 bits per heavy atom. The minimum absolute atomic E-state index is 0.215. The van der Waals surface area contributed by atoms with Crippen LogP contribution in [-0.2, 0) is 4.79 Å². The standard InChI is InChI=1S/C13H22N2O3S/c1-2-13(4-3-5-13)9-14-12(18)15-6-7-19-8-10(15)11(16)17/h10H,2-9H2,1H3,(H,14,18)(H,16,17). The second kappa shape index (κ2) is 6.03. The summed E-state index contributed by atoms with van der Waals surface area (Å²) in [6.07, 6.45) is 4.65. The van der Waals surface area contributed by atoms with Crippen LogP contribution in [-0.4, -0.2) is 52.6 Å². The molecule has 1 aliphatic carbocycles. The molecule has 19 heavy (non-hydrogen) atoms. The van der Waals surface area contributed by atoms with E-state index in [0.717, 1.165) is 12.2 Å². The Morgan fingerprint density at radius 2 is 2.21 bits per heavy atom. The summed E-state index contributed by atoms with van der Waals surface area (Å²) in [5, 5.41) is 12.1. The monoisotopic (exact) mass is 286 g/mol. The Balaban J connectivity index is 1.89. The summed E-state index contributed by atoms with van der Waals surface area (Å²) in [5.41, 5.74) is 0.263. The molecule has 6 heteroatoms. The molecule has 0 aromatic rings. The summed E-state index contributed by atoms with van der Waals surface area (Å²) in [7, 11) is 0. The van der Waals surface area contributed by atoms with Crippen LogP contribution in [0.1, 0.15) is 32.6 Å². The zero-order chi connectivity index (χ0) is 13.9. The van der Waals surface area contributed by atoms with Crippen LogP contribution in [0.5, 0.6) is 0 Å². The predicted molar refractivity (Wildman–Crippen MR) is 75.4 cm³/mol. The summed E-state index contributed by atoms with van der Waals surface area (Å²) >= 11 is 1.59. The number of amides is 2. The maximum atomic E-state index is 12.2. The number of aliphatic carboxylic acids is 1. The van der Waals surface area contributed by atoms with E-state index in [1.54, 1.807) is 11.8 Å². The van der Waals surface area contributed by atoms with E-state index in [9.17, 15) is 9.59 Å². The van der Waals surface area contributed by atoms with Crippen LogP contribution in [0.3, 0.4) is 0 Å². The molecule has 1 unspecified atom stereocenters. The number of nitrogens with one attached hydrogen (secondary N) is 1. The first-order valence-electron chi connectivity index (χ1n) is 6.93. The van der Waals surface area contributed by atoms with Crippen molar-refractivity contribution in [2.24, 2.45) is 5.41 Å². The molecule has 0 aromatic carbocycles. The molecule has 0 spiro atoms. The summed E-state index contributed by atoms with van der Waals surface area (Å²) in [4.78, 5) is 24.8. The average Bonchev–Trinajstić information content (AvgIpc) is 2.37. The van der Waals surface area contributed by atoms with Crippen molar-refractivity contribution in [2.75, 3.05) is 24.6 Å². The van der Waals surface area contributed by atoms with Gasteiger partial charge in [-0.3, -0.25) is 0 Å². The van der Waals surface area contributed by atoms with E-state index in [2.05, 4.69) is 12.2 Å². The number of carbonyl (C=O) groups excluding carboxylic acids is 1. The lowest BCUT2D eigenvalue weighted by molar-refractivity contribution is -0.141. The van der Waals surface area contributed by atoms with E-state index >= 15 is 0 Å². The molecular formula is C13H22N2O3S. The first-order valence-corrected chi connectivity index (χ1v) is 8.08. The predicted octanol–water partition coefficient (Wildman–Crippen LogP) is 1.78. The molecule has 1 aliphatic heterocycles. The van der Waals surface area contributed by atoms with Crippen molar-refractivity contribution in [3.8, 4) is 0 Å². The molecular weight excluding hydrogens is 264 g/mol. The van der Waals surface area contributed by atoms with Gasteiger partial charge in [-0.05, 0) is 24.7 Å². The van der Waals surface area contributed by atoms with E-state index in [1.807, 2.05) is 0 Å². The van der Waals surface area contributed by atoms with Gasteiger partial charge in [0.25, 0.3) is 0 Å². The molecule has 0 radical (unpaired) electrons. The second-order valence-corrected chi connectivity index (χ2v) is 6.64. The maximum Gasteiger partial charge on any atom is 0.327 e. The fraction of sp³-hybridized carbons (Fsp3) is 0.846. The van der Waals surface area contributed by atoms with Gasteiger partial charge in [-0.2, -0.15) is 11.8 Å². The Labute approximate surface area is 118 Å². The first-order chi connectivity index (χ1) is 9.08. The third-order valence-corrected chi connectivity index (χ3v) is 5.48. The van der Waals surface area contributed by atoms with Crippen LogP contribution in [0, 0.1) is 5.41 Å². The molecule has 1 heterocycles. The molecule has 1 saturated heterocycles. The van der Waals surface area contributed by atoms with Gasteiger partial charge < -0.3 is 15.3 Å². The third-order valence-electron chi connectivity index (χ3n) is 4.45. The number of urea groups is 1. The van der Waals surface area contributed by atoms with Gasteiger partial charge in [-0.1, -0.05) is 13.3 Å². The molecule has 2 N–H and O–H groups in total. The van der Waals surface area contributed by atoms with E-state index in [0.29, 0.717) is 18.8 Å². The zero-order valence-electron chi connectivity index (χ0n) is 11.4. The van der Waals surface area contributed by atoms with Crippen LogP contribution in [0.15, 0.2) is 0 Å². The van der Waals surface area contributed by atoms with Gasteiger partial charge in [0.05, 0.1) is 0 Å². The Hall–Kier alpha value is -0.910. The highest BCUT2D eigenvalue weighted by Gasteiger charge is 2.37. The summed E-state index contributed by atoms with van der Waals surface area (Å²) in [5.74, 6) is 0.397. The van der Waals surface area contributed by atoms with E-state index in [1.165, 1.54) is 24.2 Å². The summed E-state index contributed by atoms with van der Waals surface area (Å²) < 4.78 is 0. The second-order valence-electron chi connectivity index (χ2n) is 5.49. The molecule has 5 nitrogen and oxygen atoms in total. The van der Waals surface area contributed by atoms with Gasteiger partial charge in [0.15, 0.2) is 0 Å². The van der Waals surface area contributed by atoms with Gasteiger partial charge in [-0.25, -0.2) is 9.59 Å². The van der Waals surface area contributed by atoms with E-state index in [4.69, 9.17) is 5.11 Å². The number of rotatable bonds is 4. The molecule has 2 fully saturated rings. The molecule has 108 valence electrons. The van der Waals surface area contributed by atoms with Gasteiger partial charge in [0, 0.05) is 24.6 Å². The lowest BCUT2D eigenvalue weighted by Crippen LogP contribution is -2.55. The molecule has 1 saturated carbocycles. The Morgan fingerprint density at radius 1 is 1.47 bits per heavy atom. The SMILES string of the molecule is CCC1(CNC(=O)N2CCSCC2C(=O)O)CCC1. The fourth-order valence-corrected chi connectivity index (χ4v) is 3.79. The highest BCUT2D eigenvalue weighted by molar-refractivity contribution is 7.99.